The van der Waals surface area contributed by atoms with Crippen LogP contribution in [0.3, 0.4) is 0 Å². The Morgan fingerprint density at radius 1 is 1.00 bits per heavy atom. The Balaban J connectivity index is 0.000000771. The molecule has 0 radical (unpaired) electrons. The summed E-state index contributed by atoms with van der Waals surface area (Å²) in [6.07, 6.45) is 9.58. The Morgan fingerprint density at radius 2 is 1.72 bits per heavy atom. The maximum atomic E-state index is 3.23. The van der Waals surface area contributed by atoms with Gasteiger partial charge >= 0.3 is 0 Å². The van der Waals surface area contributed by atoms with E-state index in [0.29, 0.717) is 0 Å². The minimum Gasteiger partial charge on any atom is -0.122 e. The molecule has 0 fully saturated rings. The Bertz CT molecular complexity index is 507. The summed E-state index contributed by atoms with van der Waals surface area (Å²) in [6, 6.07) is 8.50. The molecule has 0 aromatic heterocycles. The first kappa shape index (κ1) is 14.3. The first-order valence-corrected chi connectivity index (χ1v) is 6.63. The molecule has 0 nitrogen and oxygen atoms in total. The van der Waals surface area contributed by atoms with Crippen LogP contribution in [0.25, 0.3) is 5.57 Å². The van der Waals surface area contributed by atoms with Crippen LogP contribution in [-0.4, -0.2) is 0 Å². The van der Waals surface area contributed by atoms with E-state index in [0.717, 1.165) is 6.42 Å². The predicted molar refractivity (Wildman–Crippen MR) is 81.5 cm³/mol. The maximum absolute atomic E-state index is 3.23. The lowest BCUT2D eigenvalue weighted by Crippen LogP contribution is -1.87. The molecule has 0 unspecified atom stereocenters. The van der Waals surface area contributed by atoms with E-state index in [1.807, 2.05) is 13.8 Å². The SMILES string of the molecule is CC.CC1=C=CCC=C(c2ccccc2C)/C=C\1. The molecule has 0 spiro atoms. The number of rotatable bonds is 1. The number of hydrogen-bond donors (Lipinski definition) is 0. The van der Waals surface area contributed by atoms with E-state index in [1.165, 1.54) is 22.3 Å². The van der Waals surface area contributed by atoms with Crippen molar-refractivity contribution in [3.05, 3.63) is 71.0 Å². The van der Waals surface area contributed by atoms with Crippen LogP contribution in [0.4, 0.5) is 0 Å². The van der Waals surface area contributed by atoms with Gasteiger partial charge in [0, 0.05) is 0 Å². The molecule has 1 aromatic carbocycles. The molecule has 0 atom stereocenters. The van der Waals surface area contributed by atoms with E-state index < -0.39 is 0 Å². The summed E-state index contributed by atoms with van der Waals surface area (Å²) >= 11 is 0. The summed E-state index contributed by atoms with van der Waals surface area (Å²) in [7, 11) is 0. The molecule has 0 N–H and O–H groups in total. The van der Waals surface area contributed by atoms with Crippen molar-refractivity contribution in [1.29, 1.82) is 0 Å². The number of allylic oxidation sites excluding steroid dienone is 5. The van der Waals surface area contributed by atoms with Crippen molar-refractivity contribution in [1.82, 2.24) is 0 Å². The van der Waals surface area contributed by atoms with E-state index in [4.69, 9.17) is 0 Å². The van der Waals surface area contributed by atoms with Crippen LogP contribution in [0, 0.1) is 6.92 Å². The Labute approximate surface area is 111 Å². The Hall–Kier alpha value is -1.78. The summed E-state index contributed by atoms with van der Waals surface area (Å²) in [4.78, 5) is 0. The molecule has 1 aromatic rings. The second-order valence-electron chi connectivity index (χ2n) is 4.07. The molecule has 0 heterocycles. The molecule has 0 bridgehead atoms. The third kappa shape index (κ3) is 3.91. The lowest BCUT2D eigenvalue weighted by Gasteiger charge is -2.07. The van der Waals surface area contributed by atoms with Crippen LogP contribution in [0.1, 0.15) is 38.3 Å². The summed E-state index contributed by atoms with van der Waals surface area (Å²) in [6.45, 7) is 8.23. The van der Waals surface area contributed by atoms with Crippen molar-refractivity contribution < 1.29 is 0 Å². The zero-order valence-electron chi connectivity index (χ0n) is 11.8. The molecule has 1 aliphatic carbocycles. The Morgan fingerprint density at radius 3 is 2.44 bits per heavy atom. The lowest BCUT2D eigenvalue weighted by molar-refractivity contribution is 1.35. The van der Waals surface area contributed by atoms with Crippen LogP contribution >= 0.6 is 0 Å². The Kier molecular flexibility index (Phi) is 5.97. The standard InChI is InChI=1S/C16H16.C2H6/c1-13-7-3-5-9-15(12-11-13)16-10-6-4-8-14(16)2;1-2/h3-4,6,8-12H,5H2,1-2H3;1-2H3/b12-11-,15-9?;. The van der Waals surface area contributed by atoms with Crippen molar-refractivity contribution >= 4 is 5.57 Å². The lowest BCUT2D eigenvalue weighted by atomic mass is 9.98. The second kappa shape index (κ2) is 7.53. The molecular formula is C18H22. The van der Waals surface area contributed by atoms with Gasteiger partial charge in [-0.05, 0) is 48.6 Å². The highest BCUT2D eigenvalue weighted by Crippen LogP contribution is 2.21. The molecule has 0 saturated heterocycles. The molecule has 0 aliphatic heterocycles. The molecule has 0 amide bonds. The predicted octanol–water partition coefficient (Wildman–Crippen LogP) is 5.47. The first-order chi connectivity index (χ1) is 8.77. The van der Waals surface area contributed by atoms with Crippen LogP contribution in [-0.2, 0) is 0 Å². The van der Waals surface area contributed by atoms with E-state index in [-0.39, 0.29) is 0 Å². The van der Waals surface area contributed by atoms with Gasteiger partial charge in [0.15, 0.2) is 0 Å². The van der Waals surface area contributed by atoms with E-state index >= 15 is 0 Å². The highest BCUT2D eigenvalue weighted by Gasteiger charge is 2.01. The summed E-state index contributed by atoms with van der Waals surface area (Å²) in [5.74, 6) is 0. The van der Waals surface area contributed by atoms with E-state index in [1.54, 1.807) is 0 Å². The molecule has 94 valence electrons. The van der Waals surface area contributed by atoms with Crippen molar-refractivity contribution in [2.45, 2.75) is 34.1 Å². The van der Waals surface area contributed by atoms with Gasteiger partial charge in [-0.15, -0.1) is 5.73 Å². The summed E-state index contributed by atoms with van der Waals surface area (Å²) < 4.78 is 0. The average Bonchev–Trinajstić information content (AvgIpc) is 2.38. The monoisotopic (exact) mass is 238 g/mol. The smallest absolute Gasteiger partial charge is 0.00836 e. The second-order valence-corrected chi connectivity index (χ2v) is 4.07. The molecular weight excluding hydrogens is 216 g/mol. The number of aryl methyl sites for hydroxylation is 1. The van der Waals surface area contributed by atoms with Crippen LogP contribution in [0.2, 0.25) is 0 Å². The average molecular weight is 238 g/mol. The maximum Gasteiger partial charge on any atom is -0.00836 e. The molecule has 2 rings (SSSR count). The topological polar surface area (TPSA) is 0 Å². The third-order valence-corrected chi connectivity index (χ3v) is 2.75. The fourth-order valence-electron chi connectivity index (χ4n) is 1.83. The van der Waals surface area contributed by atoms with Gasteiger partial charge in [-0.25, -0.2) is 0 Å². The normalized spacial score (nSPS) is 15.6. The molecule has 1 aliphatic rings. The molecule has 0 saturated carbocycles. The van der Waals surface area contributed by atoms with Gasteiger partial charge in [-0.3, -0.25) is 0 Å². The molecule has 0 heteroatoms. The molecule has 18 heavy (non-hydrogen) atoms. The first-order valence-electron chi connectivity index (χ1n) is 6.63. The van der Waals surface area contributed by atoms with Gasteiger partial charge in [0.05, 0.1) is 0 Å². The fraction of sp³-hybridized carbons (Fsp3) is 0.278. The largest absolute Gasteiger partial charge is 0.122 e. The van der Waals surface area contributed by atoms with Crippen LogP contribution in [0.5, 0.6) is 0 Å². The highest BCUT2D eigenvalue weighted by atomic mass is 14.1. The van der Waals surface area contributed by atoms with Gasteiger partial charge in [0.2, 0.25) is 0 Å². The van der Waals surface area contributed by atoms with Crippen molar-refractivity contribution in [3.63, 3.8) is 0 Å². The summed E-state index contributed by atoms with van der Waals surface area (Å²) in [5, 5.41) is 0. The number of benzene rings is 1. The third-order valence-electron chi connectivity index (χ3n) is 2.75. The van der Waals surface area contributed by atoms with Crippen molar-refractivity contribution in [3.8, 4) is 0 Å². The van der Waals surface area contributed by atoms with Crippen LogP contribution < -0.4 is 0 Å². The van der Waals surface area contributed by atoms with Crippen molar-refractivity contribution in [2.24, 2.45) is 0 Å². The van der Waals surface area contributed by atoms with Gasteiger partial charge < -0.3 is 0 Å². The van der Waals surface area contributed by atoms with E-state index in [2.05, 4.69) is 68.1 Å². The van der Waals surface area contributed by atoms with E-state index in [9.17, 15) is 0 Å². The highest BCUT2D eigenvalue weighted by molar-refractivity contribution is 5.76. The van der Waals surface area contributed by atoms with Gasteiger partial charge in [-0.2, -0.15) is 0 Å². The quantitative estimate of drug-likeness (QED) is 0.569. The zero-order valence-corrected chi connectivity index (χ0v) is 11.8. The van der Waals surface area contributed by atoms with Gasteiger partial charge in [-0.1, -0.05) is 56.3 Å². The zero-order chi connectivity index (χ0) is 13.4. The minimum absolute atomic E-state index is 0.950. The minimum atomic E-state index is 0.950. The summed E-state index contributed by atoms with van der Waals surface area (Å²) in [5.41, 5.74) is 8.36. The van der Waals surface area contributed by atoms with Crippen molar-refractivity contribution in [2.75, 3.05) is 0 Å². The van der Waals surface area contributed by atoms with Gasteiger partial charge in [0.25, 0.3) is 0 Å². The van der Waals surface area contributed by atoms with Gasteiger partial charge in [0.1, 0.15) is 0 Å². The van der Waals surface area contributed by atoms with Crippen LogP contribution in [0.15, 0.2) is 59.9 Å². The fourth-order valence-corrected chi connectivity index (χ4v) is 1.83. The number of hydrogen-bond acceptors (Lipinski definition) is 0.